The molecule has 9 heteroatoms. The van der Waals surface area contributed by atoms with E-state index in [2.05, 4.69) is 19.9 Å². The van der Waals surface area contributed by atoms with Gasteiger partial charge in [0.2, 0.25) is 15.9 Å². The van der Waals surface area contributed by atoms with E-state index in [-0.39, 0.29) is 16.5 Å². The Kier molecular flexibility index (Phi) is 3.93. The molecule has 3 N–H and O–H groups in total. The van der Waals surface area contributed by atoms with Crippen molar-refractivity contribution in [2.24, 2.45) is 0 Å². The van der Waals surface area contributed by atoms with E-state index >= 15 is 0 Å². The second-order valence-corrected chi connectivity index (χ2v) is 6.09. The third kappa shape index (κ3) is 2.74. The molecule has 20 heavy (non-hydrogen) atoms. The molecule has 0 amide bonds. The Morgan fingerprint density at radius 2 is 2.20 bits per heavy atom. The first kappa shape index (κ1) is 14.7. The maximum atomic E-state index is 12.3. The first-order valence-corrected chi connectivity index (χ1v) is 7.43. The summed E-state index contributed by atoms with van der Waals surface area (Å²) in [5, 5.41) is 15.4. The lowest BCUT2D eigenvalue weighted by Gasteiger charge is -2.11. The fourth-order valence-electron chi connectivity index (χ4n) is 1.85. The summed E-state index contributed by atoms with van der Waals surface area (Å²) in [6.07, 6.45) is 1.52. The van der Waals surface area contributed by atoms with Gasteiger partial charge in [0.05, 0.1) is 24.5 Å². The average molecular weight is 300 g/mol. The number of H-pyrrole nitrogens is 1. The third-order valence-corrected chi connectivity index (χ3v) is 4.46. The quantitative estimate of drug-likeness (QED) is 0.741. The predicted molar refractivity (Wildman–Crippen MR) is 69.2 cm³/mol. The van der Waals surface area contributed by atoms with Gasteiger partial charge in [0.15, 0.2) is 0 Å². The van der Waals surface area contributed by atoms with Gasteiger partial charge in [-0.15, -0.1) is 0 Å². The van der Waals surface area contributed by atoms with Gasteiger partial charge >= 0.3 is 0 Å². The van der Waals surface area contributed by atoms with Crippen molar-refractivity contribution >= 4 is 10.0 Å². The SMILES string of the molecule is Cc1cnc(C(C)NS(=O)(=O)c2c(CO)n[nH]c2C)o1. The standard InChI is InChI=1S/C11H16N4O4S/c1-6-4-12-11(19-6)8(3)15-20(17,18)10-7(2)13-14-9(10)5-16/h4,8,15-16H,5H2,1-3H3,(H,13,14). The van der Waals surface area contributed by atoms with Crippen LogP contribution in [-0.2, 0) is 16.6 Å². The Bertz CT molecular complexity index is 704. The number of aryl methyl sites for hydroxylation is 2. The number of aromatic amines is 1. The van der Waals surface area contributed by atoms with Crippen LogP contribution in [0, 0.1) is 13.8 Å². The summed E-state index contributed by atoms with van der Waals surface area (Å²) >= 11 is 0. The number of aliphatic hydroxyl groups excluding tert-OH is 1. The summed E-state index contributed by atoms with van der Waals surface area (Å²) in [5.74, 6) is 0.874. The fraction of sp³-hybridized carbons (Fsp3) is 0.455. The first-order chi connectivity index (χ1) is 9.35. The van der Waals surface area contributed by atoms with E-state index in [1.54, 1.807) is 20.8 Å². The molecule has 0 radical (unpaired) electrons. The van der Waals surface area contributed by atoms with Gasteiger partial charge in [-0.2, -0.15) is 9.82 Å². The molecule has 0 spiro atoms. The van der Waals surface area contributed by atoms with Crippen LogP contribution in [0.2, 0.25) is 0 Å². The van der Waals surface area contributed by atoms with Crippen molar-refractivity contribution in [3.05, 3.63) is 29.2 Å². The van der Waals surface area contributed by atoms with Gasteiger partial charge in [-0.1, -0.05) is 0 Å². The molecular formula is C11H16N4O4S. The van der Waals surface area contributed by atoms with Crippen LogP contribution in [0.4, 0.5) is 0 Å². The molecule has 110 valence electrons. The highest BCUT2D eigenvalue weighted by molar-refractivity contribution is 7.89. The Morgan fingerprint density at radius 1 is 1.50 bits per heavy atom. The zero-order chi connectivity index (χ0) is 14.9. The van der Waals surface area contributed by atoms with Crippen molar-refractivity contribution in [3.8, 4) is 0 Å². The second-order valence-electron chi connectivity index (χ2n) is 4.43. The minimum absolute atomic E-state index is 0.0462. The molecule has 2 aromatic heterocycles. The highest BCUT2D eigenvalue weighted by Gasteiger charge is 2.27. The molecule has 0 aliphatic heterocycles. The molecular weight excluding hydrogens is 284 g/mol. The summed E-state index contributed by atoms with van der Waals surface area (Å²) in [7, 11) is -3.83. The zero-order valence-electron chi connectivity index (χ0n) is 11.3. The summed E-state index contributed by atoms with van der Waals surface area (Å²) in [6.45, 7) is 4.45. The van der Waals surface area contributed by atoms with E-state index < -0.39 is 22.7 Å². The topological polar surface area (TPSA) is 121 Å². The highest BCUT2D eigenvalue weighted by Crippen LogP contribution is 2.21. The molecule has 1 atom stereocenters. The number of hydrogen-bond acceptors (Lipinski definition) is 6. The number of nitrogens with one attached hydrogen (secondary N) is 2. The normalized spacial score (nSPS) is 13.6. The van der Waals surface area contributed by atoms with Crippen LogP contribution in [0.25, 0.3) is 0 Å². The molecule has 2 heterocycles. The molecule has 0 aliphatic carbocycles. The van der Waals surface area contributed by atoms with Gasteiger partial charge in [0.25, 0.3) is 0 Å². The number of oxazole rings is 1. The van der Waals surface area contributed by atoms with Crippen molar-refractivity contribution in [2.75, 3.05) is 0 Å². The van der Waals surface area contributed by atoms with Gasteiger partial charge < -0.3 is 9.52 Å². The zero-order valence-corrected chi connectivity index (χ0v) is 12.2. The van der Waals surface area contributed by atoms with Gasteiger partial charge in [-0.3, -0.25) is 5.10 Å². The monoisotopic (exact) mass is 300 g/mol. The minimum Gasteiger partial charge on any atom is -0.444 e. The van der Waals surface area contributed by atoms with E-state index in [1.165, 1.54) is 6.20 Å². The summed E-state index contributed by atoms with van der Waals surface area (Å²) in [4.78, 5) is 3.93. The van der Waals surface area contributed by atoms with Crippen LogP contribution in [0.3, 0.4) is 0 Å². The molecule has 2 rings (SSSR count). The lowest BCUT2D eigenvalue weighted by Crippen LogP contribution is -2.28. The number of aliphatic hydroxyl groups is 1. The van der Waals surface area contributed by atoms with Crippen molar-refractivity contribution in [1.29, 1.82) is 0 Å². The summed E-state index contributed by atoms with van der Waals surface area (Å²) in [5.41, 5.74) is 0.433. The maximum Gasteiger partial charge on any atom is 0.245 e. The van der Waals surface area contributed by atoms with Gasteiger partial charge in [0.1, 0.15) is 16.3 Å². The molecule has 8 nitrogen and oxygen atoms in total. The number of hydrogen-bond donors (Lipinski definition) is 3. The van der Waals surface area contributed by atoms with Gasteiger partial charge in [0, 0.05) is 0 Å². The van der Waals surface area contributed by atoms with Crippen molar-refractivity contribution < 1.29 is 17.9 Å². The van der Waals surface area contributed by atoms with Crippen LogP contribution < -0.4 is 4.72 Å². The second kappa shape index (κ2) is 5.35. The number of aromatic nitrogens is 3. The Morgan fingerprint density at radius 3 is 2.75 bits per heavy atom. The Labute approximate surface area is 116 Å². The molecule has 0 bridgehead atoms. The third-order valence-electron chi connectivity index (χ3n) is 2.72. The molecule has 0 aromatic carbocycles. The van der Waals surface area contributed by atoms with E-state index in [1.807, 2.05) is 0 Å². The predicted octanol–water partition coefficient (Wildman–Crippen LogP) is 0.546. The molecule has 0 fully saturated rings. The minimum atomic E-state index is -3.83. The molecule has 1 unspecified atom stereocenters. The van der Waals surface area contributed by atoms with E-state index in [0.717, 1.165) is 0 Å². The number of rotatable bonds is 5. The summed E-state index contributed by atoms with van der Waals surface area (Å²) in [6, 6.07) is -0.630. The van der Waals surface area contributed by atoms with Crippen LogP contribution in [0.5, 0.6) is 0 Å². The van der Waals surface area contributed by atoms with E-state index in [4.69, 9.17) is 9.52 Å². The highest BCUT2D eigenvalue weighted by atomic mass is 32.2. The Hall–Kier alpha value is -1.71. The number of sulfonamides is 1. The first-order valence-electron chi connectivity index (χ1n) is 5.94. The molecule has 0 saturated heterocycles. The summed E-state index contributed by atoms with van der Waals surface area (Å²) < 4.78 is 32.4. The van der Waals surface area contributed by atoms with Crippen molar-refractivity contribution in [3.63, 3.8) is 0 Å². The van der Waals surface area contributed by atoms with E-state index in [0.29, 0.717) is 11.5 Å². The largest absolute Gasteiger partial charge is 0.444 e. The van der Waals surface area contributed by atoms with E-state index in [9.17, 15) is 8.42 Å². The lowest BCUT2D eigenvalue weighted by atomic mass is 10.4. The van der Waals surface area contributed by atoms with Crippen LogP contribution in [-0.4, -0.2) is 28.7 Å². The Balaban J connectivity index is 2.29. The van der Waals surface area contributed by atoms with Crippen LogP contribution in [0.15, 0.2) is 15.5 Å². The molecule has 2 aromatic rings. The maximum absolute atomic E-state index is 12.3. The average Bonchev–Trinajstić information content (AvgIpc) is 2.94. The van der Waals surface area contributed by atoms with Crippen molar-refractivity contribution in [1.82, 2.24) is 19.9 Å². The molecule has 0 aliphatic rings. The van der Waals surface area contributed by atoms with Crippen LogP contribution >= 0.6 is 0 Å². The van der Waals surface area contributed by atoms with Gasteiger partial charge in [-0.05, 0) is 20.8 Å². The van der Waals surface area contributed by atoms with Gasteiger partial charge in [-0.25, -0.2) is 13.4 Å². The number of nitrogens with zero attached hydrogens (tertiary/aromatic N) is 2. The smallest absolute Gasteiger partial charge is 0.245 e. The molecule has 0 saturated carbocycles. The lowest BCUT2D eigenvalue weighted by molar-refractivity contribution is 0.273. The fourth-order valence-corrected chi connectivity index (χ4v) is 3.40. The van der Waals surface area contributed by atoms with Crippen molar-refractivity contribution in [2.45, 2.75) is 38.3 Å². The van der Waals surface area contributed by atoms with Crippen LogP contribution in [0.1, 0.15) is 36.0 Å².